The summed E-state index contributed by atoms with van der Waals surface area (Å²) in [5.74, 6) is 0.552. The molecule has 1 aromatic carbocycles. The first-order valence-corrected chi connectivity index (χ1v) is 7.95. The first kappa shape index (κ1) is 19.2. The summed E-state index contributed by atoms with van der Waals surface area (Å²) in [5, 5.41) is 3.38. The molecule has 1 aliphatic heterocycles. The summed E-state index contributed by atoms with van der Waals surface area (Å²) in [6.45, 7) is 4.05. The van der Waals surface area contributed by atoms with Gasteiger partial charge in [-0.3, -0.25) is 4.90 Å². The Morgan fingerprint density at radius 2 is 1.86 bits per heavy atom. The molecule has 1 saturated heterocycles. The number of nitrogens with one attached hydrogen (secondary N) is 1. The van der Waals surface area contributed by atoms with E-state index < -0.39 is 0 Å². The summed E-state index contributed by atoms with van der Waals surface area (Å²) < 4.78 is 15.2. The summed E-state index contributed by atoms with van der Waals surface area (Å²) in [7, 11) is 0. The smallest absolute Gasteiger partial charge is 0.129 e. The molecule has 2 aliphatic rings. The van der Waals surface area contributed by atoms with Crippen molar-refractivity contribution in [3.8, 4) is 0 Å². The van der Waals surface area contributed by atoms with E-state index in [0.29, 0.717) is 5.92 Å². The highest BCUT2D eigenvalue weighted by Gasteiger charge is 2.36. The topological polar surface area (TPSA) is 15.3 Å². The molecule has 0 bridgehead atoms. The fourth-order valence-electron chi connectivity index (χ4n) is 3.23. The van der Waals surface area contributed by atoms with E-state index in [1.807, 2.05) is 6.07 Å². The molecule has 0 radical (unpaired) electrons. The van der Waals surface area contributed by atoms with Crippen LogP contribution in [-0.2, 0) is 0 Å². The fourth-order valence-corrected chi connectivity index (χ4v) is 3.80. The summed E-state index contributed by atoms with van der Waals surface area (Å²) >= 11 is 3.55. The molecule has 1 saturated carbocycles. The van der Waals surface area contributed by atoms with Gasteiger partial charge in [-0.25, -0.2) is 4.39 Å². The number of piperazine rings is 1. The number of halogens is 4. The molecule has 1 N–H and O–H groups in total. The molecule has 6 heteroatoms. The zero-order valence-corrected chi connectivity index (χ0v) is 15.1. The molecule has 1 aliphatic carbocycles. The van der Waals surface area contributed by atoms with E-state index in [0.717, 1.165) is 36.2 Å². The molecule has 3 rings (SSSR count). The quantitative estimate of drug-likeness (QED) is 0.820. The molecular weight excluding hydrogens is 378 g/mol. The minimum absolute atomic E-state index is 0. The molecule has 0 unspecified atom stereocenters. The Balaban J connectivity index is 0.00000110. The van der Waals surface area contributed by atoms with Crippen LogP contribution in [-0.4, -0.2) is 31.1 Å². The first-order valence-electron chi connectivity index (χ1n) is 7.16. The van der Waals surface area contributed by atoms with Gasteiger partial charge < -0.3 is 5.32 Å². The molecule has 1 heterocycles. The molecule has 0 spiro atoms. The number of hydrogen-bond donors (Lipinski definition) is 1. The van der Waals surface area contributed by atoms with Crippen molar-refractivity contribution in [2.75, 3.05) is 26.2 Å². The van der Waals surface area contributed by atoms with Crippen LogP contribution < -0.4 is 5.32 Å². The lowest BCUT2D eigenvalue weighted by molar-refractivity contribution is 0.0807. The van der Waals surface area contributed by atoms with Gasteiger partial charge in [0.15, 0.2) is 0 Å². The monoisotopic (exact) mass is 398 g/mol. The van der Waals surface area contributed by atoms with Crippen molar-refractivity contribution in [2.24, 2.45) is 5.92 Å². The Morgan fingerprint density at radius 3 is 2.38 bits per heavy atom. The van der Waals surface area contributed by atoms with Crippen LogP contribution in [0, 0.1) is 11.7 Å². The van der Waals surface area contributed by atoms with E-state index in [2.05, 4.69) is 26.1 Å². The normalized spacial score (nSPS) is 20.9. The van der Waals surface area contributed by atoms with Gasteiger partial charge in [-0.2, -0.15) is 0 Å². The van der Waals surface area contributed by atoms with E-state index in [-0.39, 0.29) is 36.7 Å². The third-order valence-corrected chi connectivity index (χ3v) is 5.13. The predicted octanol–water partition coefficient (Wildman–Crippen LogP) is 4.18. The van der Waals surface area contributed by atoms with Crippen molar-refractivity contribution < 1.29 is 4.39 Å². The summed E-state index contributed by atoms with van der Waals surface area (Å²) in [6, 6.07) is 5.57. The zero-order chi connectivity index (χ0) is 13.2. The molecule has 1 aromatic rings. The van der Waals surface area contributed by atoms with Crippen LogP contribution in [0.4, 0.5) is 4.39 Å². The SMILES string of the molecule is Cl.Cl.Fc1cccc(Br)c1[C@@H](C1CCC1)N1CCNCC1. The van der Waals surface area contributed by atoms with Gasteiger partial charge in [-0.15, -0.1) is 24.8 Å². The summed E-state index contributed by atoms with van der Waals surface area (Å²) in [6.07, 6.45) is 3.75. The number of hydrogen-bond acceptors (Lipinski definition) is 2. The highest BCUT2D eigenvalue weighted by atomic mass is 79.9. The maximum atomic E-state index is 14.3. The van der Waals surface area contributed by atoms with Gasteiger partial charge in [0.25, 0.3) is 0 Å². The summed E-state index contributed by atoms with van der Waals surface area (Å²) in [4.78, 5) is 2.46. The minimum Gasteiger partial charge on any atom is -0.314 e. The third kappa shape index (κ3) is 4.11. The lowest BCUT2D eigenvalue weighted by atomic mass is 9.76. The van der Waals surface area contributed by atoms with Gasteiger partial charge in [-0.1, -0.05) is 28.4 Å². The lowest BCUT2D eigenvalue weighted by Crippen LogP contribution is -2.48. The molecule has 1 atom stereocenters. The van der Waals surface area contributed by atoms with E-state index in [4.69, 9.17) is 0 Å². The Hall–Kier alpha value is 0.130. The predicted molar refractivity (Wildman–Crippen MR) is 93.1 cm³/mol. The van der Waals surface area contributed by atoms with Crippen molar-refractivity contribution in [1.29, 1.82) is 0 Å². The fraction of sp³-hybridized carbons (Fsp3) is 0.600. The number of benzene rings is 1. The second-order valence-electron chi connectivity index (χ2n) is 5.56. The van der Waals surface area contributed by atoms with Crippen LogP contribution in [0.15, 0.2) is 22.7 Å². The molecule has 21 heavy (non-hydrogen) atoms. The second-order valence-corrected chi connectivity index (χ2v) is 6.41. The molecule has 2 fully saturated rings. The van der Waals surface area contributed by atoms with Crippen LogP contribution >= 0.6 is 40.7 Å². The molecule has 0 amide bonds. The molecule has 2 nitrogen and oxygen atoms in total. The standard InChI is InChI=1S/C15H20BrFN2.2ClH/c16-12-5-2-6-13(17)14(12)15(11-3-1-4-11)19-9-7-18-8-10-19;;/h2,5-6,11,15,18H,1,3-4,7-10H2;2*1H/t15-;;/m1../s1. The maximum Gasteiger partial charge on any atom is 0.129 e. The average Bonchev–Trinajstić information content (AvgIpc) is 2.36. The first-order chi connectivity index (χ1) is 9.27. The van der Waals surface area contributed by atoms with Crippen LogP contribution in [0.25, 0.3) is 0 Å². The Bertz CT molecular complexity index is 431. The van der Waals surface area contributed by atoms with Crippen molar-refractivity contribution in [2.45, 2.75) is 25.3 Å². The zero-order valence-electron chi connectivity index (χ0n) is 11.9. The second kappa shape index (κ2) is 8.68. The lowest BCUT2D eigenvalue weighted by Gasteiger charge is -2.43. The van der Waals surface area contributed by atoms with Crippen molar-refractivity contribution in [3.05, 3.63) is 34.1 Å². The maximum absolute atomic E-state index is 14.3. The van der Waals surface area contributed by atoms with Crippen LogP contribution in [0.5, 0.6) is 0 Å². The van der Waals surface area contributed by atoms with Gasteiger partial charge in [0, 0.05) is 42.3 Å². The van der Waals surface area contributed by atoms with Crippen LogP contribution in [0.3, 0.4) is 0 Å². The Morgan fingerprint density at radius 1 is 1.19 bits per heavy atom. The van der Waals surface area contributed by atoms with E-state index in [1.165, 1.54) is 19.3 Å². The summed E-state index contributed by atoms with van der Waals surface area (Å²) in [5.41, 5.74) is 0.870. The number of nitrogens with zero attached hydrogens (tertiary/aromatic N) is 1. The van der Waals surface area contributed by atoms with Crippen molar-refractivity contribution in [1.82, 2.24) is 10.2 Å². The van der Waals surface area contributed by atoms with Gasteiger partial charge in [0.1, 0.15) is 5.82 Å². The third-order valence-electron chi connectivity index (χ3n) is 4.44. The highest BCUT2D eigenvalue weighted by molar-refractivity contribution is 9.10. The van der Waals surface area contributed by atoms with E-state index >= 15 is 0 Å². The molecule has 0 aromatic heterocycles. The van der Waals surface area contributed by atoms with Crippen LogP contribution in [0.2, 0.25) is 0 Å². The average molecular weight is 400 g/mol. The van der Waals surface area contributed by atoms with Crippen molar-refractivity contribution in [3.63, 3.8) is 0 Å². The van der Waals surface area contributed by atoms with E-state index in [9.17, 15) is 4.39 Å². The number of rotatable bonds is 3. The Labute approximate surface area is 146 Å². The molecular formula is C15H22BrCl2FN2. The van der Waals surface area contributed by atoms with Gasteiger partial charge >= 0.3 is 0 Å². The van der Waals surface area contributed by atoms with Gasteiger partial charge in [0.05, 0.1) is 0 Å². The highest BCUT2D eigenvalue weighted by Crippen LogP contribution is 2.44. The van der Waals surface area contributed by atoms with Crippen molar-refractivity contribution >= 4 is 40.7 Å². The van der Waals surface area contributed by atoms with Crippen LogP contribution in [0.1, 0.15) is 30.9 Å². The molecule has 120 valence electrons. The Kier molecular flexibility index (Phi) is 7.93. The van der Waals surface area contributed by atoms with Gasteiger partial charge in [0.2, 0.25) is 0 Å². The van der Waals surface area contributed by atoms with Gasteiger partial charge in [-0.05, 0) is 30.9 Å². The van der Waals surface area contributed by atoms with E-state index in [1.54, 1.807) is 12.1 Å². The largest absolute Gasteiger partial charge is 0.314 e. The minimum atomic E-state index is -0.0650.